The molecule has 0 N–H and O–H groups in total. The van der Waals surface area contributed by atoms with Gasteiger partial charge in [-0.15, -0.1) is 0 Å². The zero-order chi connectivity index (χ0) is 17.5. The Hall–Kier alpha value is -1.50. The van der Waals surface area contributed by atoms with Crippen LogP contribution in [0.15, 0.2) is 36.4 Å². The van der Waals surface area contributed by atoms with Crippen molar-refractivity contribution in [3.05, 3.63) is 42.0 Å². The van der Waals surface area contributed by atoms with Crippen molar-refractivity contribution in [2.24, 2.45) is 5.92 Å². The van der Waals surface area contributed by atoms with E-state index in [4.69, 9.17) is 4.74 Å². The Bertz CT molecular complexity index is 652. The van der Waals surface area contributed by atoms with E-state index < -0.39 is 0 Å². The number of benzene rings is 2. The lowest BCUT2D eigenvalue weighted by Crippen LogP contribution is -2.13. The summed E-state index contributed by atoms with van der Waals surface area (Å²) in [5.41, 5.74) is 1.54. The first kappa shape index (κ1) is 18.3. The third kappa shape index (κ3) is 5.00. The SMILES string of the molecule is CCCCCCC1CCC(c2ccc3cc(OCC)ccc3c2)CC1. The lowest BCUT2D eigenvalue weighted by atomic mass is 9.77. The fourth-order valence-electron chi connectivity index (χ4n) is 4.40. The van der Waals surface area contributed by atoms with Gasteiger partial charge in [-0.2, -0.15) is 0 Å². The minimum Gasteiger partial charge on any atom is -0.494 e. The van der Waals surface area contributed by atoms with E-state index in [2.05, 4.69) is 43.3 Å². The summed E-state index contributed by atoms with van der Waals surface area (Å²) in [5, 5.41) is 2.64. The summed E-state index contributed by atoms with van der Waals surface area (Å²) in [7, 11) is 0. The molecule has 0 heterocycles. The van der Waals surface area contributed by atoms with Crippen molar-refractivity contribution in [3.63, 3.8) is 0 Å². The van der Waals surface area contributed by atoms with E-state index in [1.807, 2.05) is 6.92 Å². The molecule has 25 heavy (non-hydrogen) atoms. The summed E-state index contributed by atoms with van der Waals surface area (Å²) in [4.78, 5) is 0. The molecule has 2 aromatic carbocycles. The van der Waals surface area contributed by atoms with Crippen molar-refractivity contribution < 1.29 is 4.74 Å². The van der Waals surface area contributed by atoms with Gasteiger partial charge in [0.2, 0.25) is 0 Å². The molecule has 0 amide bonds. The summed E-state index contributed by atoms with van der Waals surface area (Å²) in [6.45, 7) is 5.06. The molecular weight excluding hydrogens is 304 g/mol. The molecular formula is C24H34O. The average Bonchev–Trinajstić information content (AvgIpc) is 2.66. The molecule has 1 fully saturated rings. The molecule has 0 aromatic heterocycles. The lowest BCUT2D eigenvalue weighted by Gasteiger charge is -2.29. The maximum atomic E-state index is 5.62. The van der Waals surface area contributed by atoms with Gasteiger partial charge >= 0.3 is 0 Å². The Morgan fingerprint density at radius 2 is 1.60 bits per heavy atom. The fraction of sp³-hybridized carbons (Fsp3) is 0.583. The first-order valence-corrected chi connectivity index (χ1v) is 10.5. The smallest absolute Gasteiger partial charge is 0.119 e. The summed E-state index contributed by atoms with van der Waals surface area (Å²) in [6, 6.07) is 13.5. The second kappa shape index (κ2) is 9.27. The van der Waals surface area contributed by atoms with E-state index in [-0.39, 0.29) is 0 Å². The molecule has 0 saturated heterocycles. The molecule has 2 aromatic rings. The molecule has 1 aliphatic rings. The van der Waals surface area contributed by atoms with Crippen molar-refractivity contribution in [2.45, 2.75) is 77.6 Å². The van der Waals surface area contributed by atoms with Crippen LogP contribution in [0.1, 0.15) is 83.1 Å². The van der Waals surface area contributed by atoms with Gasteiger partial charge in [0.25, 0.3) is 0 Å². The highest BCUT2D eigenvalue weighted by molar-refractivity contribution is 5.84. The number of ether oxygens (including phenoxy) is 1. The lowest BCUT2D eigenvalue weighted by molar-refractivity contribution is 0.302. The molecule has 1 aliphatic carbocycles. The first-order valence-electron chi connectivity index (χ1n) is 10.5. The molecule has 0 aliphatic heterocycles. The van der Waals surface area contributed by atoms with Crippen LogP contribution in [0.25, 0.3) is 10.8 Å². The molecule has 1 saturated carbocycles. The second-order valence-electron chi connectivity index (χ2n) is 7.77. The van der Waals surface area contributed by atoms with E-state index >= 15 is 0 Å². The van der Waals surface area contributed by atoms with Crippen LogP contribution in [0.5, 0.6) is 5.75 Å². The van der Waals surface area contributed by atoms with Crippen molar-refractivity contribution in [1.29, 1.82) is 0 Å². The van der Waals surface area contributed by atoms with Gasteiger partial charge in [0, 0.05) is 0 Å². The second-order valence-corrected chi connectivity index (χ2v) is 7.77. The zero-order valence-corrected chi connectivity index (χ0v) is 16.1. The van der Waals surface area contributed by atoms with Crippen LogP contribution < -0.4 is 4.74 Å². The Morgan fingerprint density at radius 1 is 0.840 bits per heavy atom. The van der Waals surface area contributed by atoms with E-state index in [9.17, 15) is 0 Å². The normalized spacial score (nSPS) is 20.7. The van der Waals surface area contributed by atoms with Crippen LogP contribution in [0.2, 0.25) is 0 Å². The average molecular weight is 339 g/mol. The number of rotatable bonds is 8. The molecule has 0 atom stereocenters. The molecule has 1 heteroatoms. The Balaban J connectivity index is 1.57. The Kier molecular flexibility index (Phi) is 6.78. The van der Waals surface area contributed by atoms with E-state index in [0.717, 1.165) is 24.2 Å². The van der Waals surface area contributed by atoms with Crippen LogP contribution in [-0.4, -0.2) is 6.61 Å². The van der Waals surface area contributed by atoms with Crippen molar-refractivity contribution >= 4 is 10.8 Å². The predicted molar refractivity (Wildman–Crippen MR) is 109 cm³/mol. The van der Waals surface area contributed by atoms with Gasteiger partial charge in [-0.3, -0.25) is 0 Å². The molecule has 0 radical (unpaired) electrons. The third-order valence-corrected chi connectivity index (χ3v) is 5.93. The van der Waals surface area contributed by atoms with Gasteiger partial charge in [-0.25, -0.2) is 0 Å². The highest BCUT2D eigenvalue weighted by atomic mass is 16.5. The summed E-state index contributed by atoms with van der Waals surface area (Å²) >= 11 is 0. The van der Waals surface area contributed by atoms with E-state index in [1.54, 1.807) is 5.56 Å². The quantitative estimate of drug-likeness (QED) is 0.453. The fourth-order valence-corrected chi connectivity index (χ4v) is 4.40. The minimum atomic E-state index is 0.727. The largest absolute Gasteiger partial charge is 0.494 e. The van der Waals surface area contributed by atoms with Crippen LogP contribution in [-0.2, 0) is 0 Å². The summed E-state index contributed by atoms with van der Waals surface area (Å²) in [6.07, 6.45) is 12.7. The minimum absolute atomic E-state index is 0.727. The number of fused-ring (bicyclic) bond motifs is 1. The van der Waals surface area contributed by atoms with Gasteiger partial charge in [0.05, 0.1) is 6.61 Å². The molecule has 136 valence electrons. The maximum absolute atomic E-state index is 5.62. The molecule has 3 rings (SSSR count). The van der Waals surface area contributed by atoms with Gasteiger partial charge in [0.15, 0.2) is 0 Å². The molecule has 1 nitrogen and oxygen atoms in total. The monoisotopic (exact) mass is 338 g/mol. The molecule has 0 unspecified atom stereocenters. The topological polar surface area (TPSA) is 9.23 Å². The summed E-state index contributed by atoms with van der Waals surface area (Å²) < 4.78 is 5.62. The molecule has 0 bridgehead atoms. The number of unbranched alkanes of at least 4 members (excludes halogenated alkanes) is 3. The zero-order valence-electron chi connectivity index (χ0n) is 16.1. The van der Waals surface area contributed by atoms with Crippen LogP contribution in [0, 0.1) is 5.92 Å². The third-order valence-electron chi connectivity index (χ3n) is 5.93. The van der Waals surface area contributed by atoms with Gasteiger partial charge < -0.3 is 4.74 Å². The van der Waals surface area contributed by atoms with Gasteiger partial charge in [-0.05, 0) is 72.9 Å². The maximum Gasteiger partial charge on any atom is 0.119 e. The van der Waals surface area contributed by atoms with Crippen molar-refractivity contribution in [3.8, 4) is 5.75 Å². The number of hydrogen-bond acceptors (Lipinski definition) is 1. The Morgan fingerprint density at radius 3 is 2.36 bits per heavy atom. The van der Waals surface area contributed by atoms with Gasteiger partial charge in [-0.1, -0.05) is 63.3 Å². The molecule has 0 spiro atoms. The van der Waals surface area contributed by atoms with E-state index in [1.165, 1.54) is 68.6 Å². The first-order chi connectivity index (χ1) is 12.3. The van der Waals surface area contributed by atoms with Crippen LogP contribution >= 0.6 is 0 Å². The van der Waals surface area contributed by atoms with Crippen LogP contribution in [0.3, 0.4) is 0 Å². The summed E-state index contributed by atoms with van der Waals surface area (Å²) in [5.74, 6) is 2.73. The van der Waals surface area contributed by atoms with Crippen molar-refractivity contribution in [2.75, 3.05) is 6.61 Å². The highest BCUT2D eigenvalue weighted by Gasteiger charge is 2.22. The predicted octanol–water partition coefficient (Wildman–Crippen LogP) is 7.48. The standard InChI is InChI=1S/C24H34O/c1-3-5-6-7-8-19-9-11-20(12-10-19)21-13-14-23-18-24(25-4-2)16-15-22(23)17-21/h13-20H,3-12H2,1-2H3. The van der Waals surface area contributed by atoms with Gasteiger partial charge in [0.1, 0.15) is 5.75 Å². The number of hydrogen-bond donors (Lipinski definition) is 0. The van der Waals surface area contributed by atoms with Crippen molar-refractivity contribution in [1.82, 2.24) is 0 Å². The highest BCUT2D eigenvalue weighted by Crippen LogP contribution is 2.38. The van der Waals surface area contributed by atoms with E-state index in [0.29, 0.717) is 0 Å². The van der Waals surface area contributed by atoms with Crippen LogP contribution in [0.4, 0.5) is 0 Å². The Labute approximate surface area is 153 Å².